The molecule has 0 fully saturated rings. The fourth-order valence-electron chi connectivity index (χ4n) is 1.39. The number of methoxy groups -OCH3 is 2. The maximum atomic E-state index is 5.55. The fraction of sp³-hybridized carbons (Fsp3) is 0.231. The summed E-state index contributed by atoms with van der Waals surface area (Å²) in [6.45, 7) is 0.261. The summed E-state index contributed by atoms with van der Waals surface area (Å²) in [6.07, 6.45) is 0. The van der Waals surface area contributed by atoms with Crippen molar-refractivity contribution < 1.29 is 14.2 Å². The van der Waals surface area contributed by atoms with Gasteiger partial charge in [-0.25, -0.2) is 0 Å². The zero-order chi connectivity index (χ0) is 12.8. The maximum absolute atomic E-state index is 5.55. The Balaban J connectivity index is 2.09. The molecule has 0 atom stereocenters. The van der Waals surface area contributed by atoms with Gasteiger partial charge in [0.25, 0.3) is 0 Å². The standard InChI is InChI=1S/C13H14N2O3/c1-16-12-8-13(17-2)15-11(14-12)9-18-10-6-4-3-5-7-10/h3-8H,9H2,1-2H3. The van der Waals surface area contributed by atoms with Crippen LogP contribution in [-0.2, 0) is 6.61 Å². The average molecular weight is 246 g/mol. The number of nitrogens with zero attached hydrogens (tertiary/aromatic N) is 2. The molecule has 0 saturated carbocycles. The van der Waals surface area contributed by atoms with Crippen LogP contribution in [0.5, 0.6) is 17.5 Å². The van der Waals surface area contributed by atoms with Gasteiger partial charge >= 0.3 is 0 Å². The van der Waals surface area contributed by atoms with Crippen molar-refractivity contribution >= 4 is 0 Å². The van der Waals surface area contributed by atoms with Crippen LogP contribution in [0.1, 0.15) is 5.82 Å². The Morgan fingerprint density at radius 2 is 1.56 bits per heavy atom. The summed E-state index contributed by atoms with van der Waals surface area (Å²) in [5.41, 5.74) is 0. The lowest BCUT2D eigenvalue weighted by Gasteiger charge is -2.07. The summed E-state index contributed by atoms with van der Waals surface area (Å²) in [6, 6.07) is 11.1. The quantitative estimate of drug-likeness (QED) is 0.808. The zero-order valence-corrected chi connectivity index (χ0v) is 10.3. The van der Waals surface area contributed by atoms with Crippen molar-refractivity contribution in [2.75, 3.05) is 14.2 Å². The summed E-state index contributed by atoms with van der Waals surface area (Å²) in [5, 5.41) is 0. The molecule has 1 aromatic carbocycles. The number of para-hydroxylation sites is 1. The van der Waals surface area contributed by atoms with Crippen LogP contribution >= 0.6 is 0 Å². The van der Waals surface area contributed by atoms with Gasteiger partial charge in [0.05, 0.1) is 20.3 Å². The van der Waals surface area contributed by atoms with Crippen LogP contribution in [0, 0.1) is 0 Å². The second-order valence-electron chi connectivity index (χ2n) is 3.47. The largest absolute Gasteiger partial charge is 0.486 e. The molecule has 0 aliphatic rings. The van der Waals surface area contributed by atoms with Crippen LogP contribution in [0.2, 0.25) is 0 Å². The molecule has 0 bridgehead atoms. The molecule has 0 radical (unpaired) electrons. The Morgan fingerprint density at radius 1 is 0.944 bits per heavy atom. The molecule has 0 N–H and O–H groups in total. The van der Waals surface area contributed by atoms with Crippen LogP contribution in [0.3, 0.4) is 0 Å². The molecule has 94 valence electrons. The third-order valence-corrected chi connectivity index (χ3v) is 2.25. The van der Waals surface area contributed by atoms with Crippen molar-refractivity contribution in [2.45, 2.75) is 6.61 Å². The lowest BCUT2D eigenvalue weighted by molar-refractivity contribution is 0.287. The van der Waals surface area contributed by atoms with Crippen molar-refractivity contribution in [3.8, 4) is 17.5 Å². The van der Waals surface area contributed by atoms with E-state index < -0.39 is 0 Å². The van der Waals surface area contributed by atoms with Crippen LogP contribution < -0.4 is 14.2 Å². The first-order chi connectivity index (χ1) is 8.81. The topological polar surface area (TPSA) is 53.5 Å². The van der Waals surface area contributed by atoms with E-state index in [1.807, 2.05) is 30.3 Å². The first kappa shape index (κ1) is 12.2. The molecule has 2 aromatic rings. The van der Waals surface area contributed by atoms with Crippen molar-refractivity contribution in [1.29, 1.82) is 0 Å². The van der Waals surface area contributed by atoms with Crippen molar-refractivity contribution in [1.82, 2.24) is 9.97 Å². The minimum atomic E-state index is 0.261. The van der Waals surface area contributed by atoms with E-state index in [1.165, 1.54) is 0 Å². The molecule has 0 saturated heterocycles. The highest BCUT2D eigenvalue weighted by molar-refractivity contribution is 5.23. The van der Waals surface area contributed by atoms with Gasteiger partial charge in [0.2, 0.25) is 11.8 Å². The summed E-state index contributed by atoms with van der Waals surface area (Å²) in [4.78, 5) is 8.35. The van der Waals surface area contributed by atoms with E-state index >= 15 is 0 Å². The third kappa shape index (κ3) is 3.10. The SMILES string of the molecule is COc1cc(OC)nc(COc2ccccc2)n1. The van der Waals surface area contributed by atoms with Gasteiger partial charge in [-0.3, -0.25) is 0 Å². The third-order valence-electron chi connectivity index (χ3n) is 2.25. The fourth-order valence-corrected chi connectivity index (χ4v) is 1.39. The van der Waals surface area contributed by atoms with E-state index in [2.05, 4.69) is 9.97 Å². The lowest BCUT2D eigenvalue weighted by atomic mass is 10.3. The van der Waals surface area contributed by atoms with E-state index in [4.69, 9.17) is 14.2 Å². The Morgan fingerprint density at radius 3 is 2.11 bits per heavy atom. The number of benzene rings is 1. The van der Waals surface area contributed by atoms with Gasteiger partial charge in [-0.1, -0.05) is 18.2 Å². The Labute approximate surface area is 105 Å². The van der Waals surface area contributed by atoms with Crippen LogP contribution in [0.15, 0.2) is 36.4 Å². The van der Waals surface area contributed by atoms with Crippen LogP contribution in [0.4, 0.5) is 0 Å². The van der Waals surface area contributed by atoms with Gasteiger partial charge in [0.1, 0.15) is 12.4 Å². The predicted octanol–water partition coefficient (Wildman–Crippen LogP) is 2.07. The van der Waals surface area contributed by atoms with Gasteiger partial charge < -0.3 is 14.2 Å². The number of hydrogen-bond acceptors (Lipinski definition) is 5. The number of hydrogen-bond donors (Lipinski definition) is 0. The first-order valence-electron chi connectivity index (χ1n) is 5.45. The molecule has 5 nitrogen and oxygen atoms in total. The molecule has 0 amide bonds. The van der Waals surface area contributed by atoms with Gasteiger partial charge in [-0.2, -0.15) is 9.97 Å². The van der Waals surface area contributed by atoms with E-state index in [1.54, 1.807) is 20.3 Å². The van der Waals surface area contributed by atoms with Crippen LogP contribution in [0.25, 0.3) is 0 Å². The van der Waals surface area contributed by atoms with Crippen LogP contribution in [-0.4, -0.2) is 24.2 Å². The zero-order valence-electron chi connectivity index (χ0n) is 10.3. The normalized spacial score (nSPS) is 9.89. The Hall–Kier alpha value is -2.30. The highest BCUT2D eigenvalue weighted by Gasteiger charge is 2.05. The molecular formula is C13H14N2O3. The second kappa shape index (κ2) is 5.86. The average Bonchev–Trinajstić information content (AvgIpc) is 2.45. The van der Waals surface area contributed by atoms with Crippen molar-refractivity contribution in [2.24, 2.45) is 0 Å². The van der Waals surface area contributed by atoms with Gasteiger partial charge in [-0.15, -0.1) is 0 Å². The minimum Gasteiger partial charge on any atom is -0.486 e. The van der Waals surface area contributed by atoms with Crippen molar-refractivity contribution in [3.63, 3.8) is 0 Å². The smallest absolute Gasteiger partial charge is 0.220 e. The van der Waals surface area contributed by atoms with Gasteiger partial charge in [0, 0.05) is 0 Å². The minimum absolute atomic E-state index is 0.261. The first-order valence-corrected chi connectivity index (χ1v) is 5.45. The molecular weight excluding hydrogens is 232 g/mol. The summed E-state index contributed by atoms with van der Waals surface area (Å²) in [7, 11) is 3.09. The summed E-state index contributed by atoms with van der Waals surface area (Å²) in [5.74, 6) is 2.18. The monoisotopic (exact) mass is 246 g/mol. The molecule has 5 heteroatoms. The van der Waals surface area contributed by atoms with Gasteiger partial charge in [0.15, 0.2) is 5.82 Å². The van der Waals surface area contributed by atoms with Crippen molar-refractivity contribution in [3.05, 3.63) is 42.2 Å². The number of rotatable bonds is 5. The molecule has 0 aliphatic heterocycles. The highest BCUT2D eigenvalue weighted by Crippen LogP contribution is 2.16. The summed E-state index contributed by atoms with van der Waals surface area (Å²) >= 11 is 0. The van der Waals surface area contributed by atoms with E-state index in [9.17, 15) is 0 Å². The van der Waals surface area contributed by atoms with E-state index in [-0.39, 0.29) is 6.61 Å². The number of aromatic nitrogens is 2. The Kier molecular flexibility index (Phi) is 3.96. The molecule has 0 spiro atoms. The highest BCUT2D eigenvalue weighted by atomic mass is 16.5. The maximum Gasteiger partial charge on any atom is 0.220 e. The lowest BCUT2D eigenvalue weighted by Crippen LogP contribution is -2.04. The molecule has 1 heterocycles. The Bertz CT molecular complexity index is 481. The molecule has 0 aliphatic carbocycles. The molecule has 18 heavy (non-hydrogen) atoms. The van der Waals surface area contributed by atoms with E-state index in [0.717, 1.165) is 5.75 Å². The number of ether oxygens (including phenoxy) is 3. The molecule has 2 rings (SSSR count). The second-order valence-corrected chi connectivity index (χ2v) is 3.47. The van der Waals surface area contributed by atoms with E-state index in [0.29, 0.717) is 17.6 Å². The summed E-state index contributed by atoms with van der Waals surface area (Å²) < 4.78 is 15.7. The predicted molar refractivity (Wildman–Crippen MR) is 65.9 cm³/mol. The van der Waals surface area contributed by atoms with Gasteiger partial charge in [-0.05, 0) is 12.1 Å². The molecule has 1 aromatic heterocycles. The molecule has 0 unspecified atom stereocenters.